The van der Waals surface area contributed by atoms with Crippen LogP contribution >= 0.6 is 12.2 Å². The molecule has 0 atom stereocenters. The maximum atomic E-state index is 12.1. The molecule has 0 saturated heterocycles. The van der Waals surface area contributed by atoms with Crippen molar-refractivity contribution in [1.29, 1.82) is 0 Å². The number of benzene rings is 1. The van der Waals surface area contributed by atoms with E-state index in [2.05, 4.69) is 0 Å². The average molecular weight is 288 g/mol. The minimum absolute atomic E-state index is 0.115. The van der Waals surface area contributed by atoms with Crippen molar-refractivity contribution in [2.24, 2.45) is 12.8 Å². The molecule has 0 spiro atoms. The Morgan fingerprint density at radius 2 is 1.90 bits per heavy atom. The number of rotatable bonds is 4. The first-order valence-corrected chi connectivity index (χ1v) is 6.68. The van der Waals surface area contributed by atoms with Crippen molar-refractivity contribution in [2.45, 2.75) is 6.92 Å². The first kappa shape index (κ1) is 14.3. The van der Waals surface area contributed by atoms with Crippen molar-refractivity contribution in [1.82, 2.24) is 4.57 Å². The molecular formula is C15H16N2O2S. The predicted molar refractivity (Wildman–Crippen MR) is 84.2 cm³/mol. The van der Waals surface area contributed by atoms with Crippen LogP contribution in [0.25, 0.3) is 11.3 Å². The Kier molecular flexibility index (Phi) is 4.20. The van der Waals surface area contributed by atoms with E-state index in [0.29, 0.717) is 12.2 Å². The minimum Gasteiger partial charge on any atom is -0.494 e. The van der Waals surface area contributed by atoms with E-state index in [0.717, 1.165) is 17.0 Å². The van der Waals surface area contributed by atoms with Gasteiger partial charge in [-0.25, -0.2) is 0 Å². The van der Waals surface area contributed by atoms with E-state index in [-0.39, 0.29) is 10.5 Å². The molecule has 1 aromatic carbocycles. The zero-order valence-corrected chi connectivity index (χ0v) is 12.2. The summed E-state index contributed by atoms with van der Waals surface area (Å²) in [6.45, 7) is 2.56. The first-order valence-electron chi connectivity index (χ1n) is 6.27. The highest BCUT2D eigenvalue weighted by Gasteiger charge is 2.09. The molecule has 0 unspecified atom stereocenters. The number of aromatic nitrogens is 1. The van der Waals surface area contributed by atoms with Gasteiger partial charge in [-0.1, -0.05) is 12.2 Å². The molecule has 4 nitrogen and oxygen atoms in total. The van der Waals surface area contributed by atoms with E-state index >= 15 is 0 Å². The minimum atomic E-state index is -0.191. The van der Waals surface area contributed by atoms with Crippen LogP contribution in [0.3, 0.4) is 0 Å². The van der Waals surface area contributed by atoms with Crippen molar-refractivity contribution in [3.05, 3.63) is 52.3 Å². The van der Waals surface area contributed by atoms with Crippen molar-refractivity contribution in [2.75, 3.05) is 6.61 Å². The zero-order chi connectivity index (χ0) is 14.7. The van der Waals surface area contributed by atoms with E-state index < -0.39 is 0 Å². The van der Waals surface area contributed by atoms with Gasteiger partial charge in [-0.15, -0.1) is 0 Å². The third-order valence-corrected chi connectivity index (χ3v) is 3.25. The molecule has 0 bridgehead atoms. The van der Waals surface area contributed by atoms with Crippen LogP contribution in [0.1, 0.15) is 12.5 Å². The lowest BCUT2D eigenvalue weighted by Gasteiger charge is -2.11. The second-order valence-corrected chi connectivity index (χ2v) is 4.76. The Morgan fingerprint density at radius 3 is 2.45 bits per heavy atom. The zero-order valence-electron chi connectivity index (χ0n) is 11.4. The van der Waals surface area contributed by atoms with Crippen molar-refractivity contribution >= 4 is 17.2 Å². The number of nitrogens with zero attached hydrogens (tertiary/aromatic N) is 1. The lowest BCUT2D eigenvalue weighted by Crippen LogP contribution is -2.28. The first-order chi connectivity index (χ1) is 9.54. The standard InChI is InChI=1S/C15H16N2O2S/c1-3-19-11-6-4-10(5-7-11)13-9-8-12(14(16)20)15(18)17(13)2/h4-9H,3H2,1-2H3,(H2,16,20). The topological polar surface area (TPSA) is 57.2 Å². The predicted octanol–water partition coefficient (Wildman–Crippen LogP) is 2.09. The van der Waals surface area contributed by atoms with Crippen LogP contribution in [0.2, 0.25) is 0 Å². The Hall–Kier alpha value is -2.14. The monoisotopic (exact) mass is 288 g/mol. The highest BCUT2D eigenvalue weighted by molar-refractivity contribution is 7.80. The second kappa shape index (κ2) is 5.88. The molecule has 104 valence electrons. The number of ether oxygens (including phenoxy) is 1. The summed E-state index contributed by atoms with van der Waals surface area (Å²) in [5, 5.41) is 0. The van der Waals surface area contributed by atoms with Gasteiger partial charge in [0.1, 0.15) is 10.7 Å². The molecule has 0 aliphatic carbocycles. The van der Waals surface area contributed by atoms with Gasteiger partial charge in [0, 0.05) is 7.05 Å². The molecule has 1 aromatic heterocycles. The average Bonchev–Trinajstić information content (AvgIpc) is 2.43. The van der Waals surface area contributed by atoms with E-state index in [1.807, 2.05) is 37.3 Å². The molecule has 1 heterocycles. The fourth-order valence-corrected chi connectivity index (χ4v) is 2.16. The van der Waals surface area contributed by atoms with Crippen LogP contribution in [0, 0.1) is 0 Å². The molecule has 0 saturated carbocycles. The van der Waals surface area contributed by atoms with Crippen molar-refractivity contribution in [3.63, 3.8) is 0 Å². The Labute approximate surface area is 122 Å². The van der Waals surface area contributed by atoms with Crippen LogP contribution in [-0.2, 0) is 7.05 Å². The summed E-state index contributed by atoms with van der Waals surface area (Å²) >= 11 is 4.86. The summed E-state index contributed by atoms with van der Waals surface area (Å²) in [6, 6.07) is 11.1. The number of thiocarbonyl (C=S) groups is 1. The summed E-state index contributed by atoms with van der Waals surface area (Å²) < 4.78 is 6.94. The van der Waals surface area contributed by atoms with Gasteiger partial charge >= 0.3 is 0 Å². The van der Waals surface area contributed by atoms with Gasteiger partial charge in [0.15, 0.2) is 0 Å². The van der Waals surface area contributed by atoms with Gasteiger partial charge in [0.25, 0.3) is 5.56 Å². The maximum Gasteiger partial charge on any atom is 0.261 e. The van der Waals surface area contributed by atoms with E-state index in [1.54, 1.807) is 17.7 Å². The molecule has 2 rings (SSSR count). The van der Waals surface area contributed by atoms with E-state index in [4.69, 9.17) is 22.7 Å². The molecule has 2 aromatic rings. The molecule has 2 N–H and O–H groups in total. The highest BCUT2D eigenvalue weighted by atomic mass is 32.1. The number of hydrogen-bond donors (Lipinski definition) is 1. The highest BCUT2D eigenvalue weighted by Crippen LogP contribution is 2.21. The fraction of sp³-hybridized carbons (Fsp3) is 0.200. The van der Waals surface area contributed by atoms with Gasteiger partial charge in [-0.3, -0.25) is 4.79 Å². The molecule has 0 aliphatic rings. The maximum absolute atomic E-state index is 12.1. The molecule has 5 heteroatoms. The lowest BCUT2D eigenvalue weighted by atomic mass is 10.1. The number of hydrogen-bond acceptors (Lipinski definition) is 3. The smallest absolute Gasteiger partial charge is 0.261 e. The third kappa shape index (κ3) is 2.72. The van der Waals surface area contributed by atoms with Crippen LogP contribution in [-0.4, -0.2) is 16.2 Å². The summed E-state index contributed by atoms with van der Waals surface area (Å²) in [5.74, 6) is 0.806. The molecular weight excluding hydrogens is 272 g/mol. The van der Waals surface area contributed by atoms with Gasteiger partial charge in [-0.05, 0) is 48.9 Å². The quantitative estimate of drug-likeness (QED) is 0.875. The normalized spacial score (nSPS) is 10.3. The SMILES string of the molecule is CCOc1ccc(-c2ccc(C(N)=S)c(=O)n2C)cc1. The van der Waals surface area contributed by atoms with Gasteiger partial charge in [0.2, 0.25) is 0 Å². The lowest BCUT2D eigenvalue weighted by molar-refractivity contribution is 0.340. The third-order valence-electron chi connectivity index (χ3n) is 3.03. The van der Waals surface area contributed by atoms with E-state index in [1.165, 1.54) is 0 Å². The summed E-state index contributed by atoms with van der Waals surface area (Å²) in [4.78, 5) is 12.3. The molecule has 0 fully saturated rings. The summed E-state index contributed by atoms with van der Waals surface area (Å²) in [5.41, 5.74) is 7.43. The van der Waals surface area contributed by atoms with Crippen molar-refractivity contribution in [3.8, 4) is 17.0 Å². The Morgan fingerprint density at radius 1 is 1.25 bits per heavy atom. The van der Waals surface area contributed by atoms with Crippen LogP contribution < -0.4 is 16.0 Å². The van der Waals surface area contributed by atoms with Crippen molar-refractivity contribution < 1.29 is 4.74 Å². The molecule has 0 radical (unpaired) electrons. The Balaban J connectivity index is 2.45. The van der Waals surface area contributed by atoms with Gasteiger partial charge < -0.3 is 15.0 Å². The van der Waals surface area contributed by atoms with Gasteiger partial charge in [-0.2, -0.15) is 0 Å². The van der Waals surface area contributed by atoms with E-state index in [9.17, 15) is 4.79 Å². The van der Waals surface area contributed by atoms with Crippen LogP contribution in [0.4, 0.5) is 0 Å². The number of pyridine rings is 1. The largest absolute Gasteiger partial charge is 0.494 e. The molecule has 0 aliphatic heterocycles. The van der Waals surface area contributed by atoms with Crippen LogP contribution in [0.5, 0.6) is 5.75 Å². The summed E-state index contributed by atoms with van der Waals surface area (Å²) in [7, 11) is 1.70. The fourth-order valence-electron chi connectivity index (χ4n) is 2.00. The second-order valence-electron chi connectivity index (χ2n) is 4.32. The molecule has 0 amide bonds. The number of nitrogens with two attached hydrogens (primary N) is 1. The molecule has 20 heavy (non-hydrogen) atoms. The summed E-state index contributed by atoms with van der Waals surface area (Å²) in [6.07, 6.45) is 0. The Bertz CT molecular complexity index is 690. The van der Waals surface area contributed by atoms with Crippen LogP contribution in [0.15, 0.2) is 41.2 Å². The van der Waals surface area contributed by atoms with Gasteiger partial charge in [0.05, 0.1) is 17.9 Å².